The van der Waals surface area contributed by atoms with Crippen molar-refractivity contribution in [2.75, 3.05) is 33.6 Å². The lowest BCUT2D eigenvalue weighted by Gasteiger charge is -2.44. The molecule has 2 amide bonds. The summed E-state index contributed by atoms with van der Waals surface area (Å²) in [6.07, 6.45) is -3.38. The summed E-state index contributed by atoms with van der Waals surface area (Å²) in [5.74, 6) is -3.03. The average Bonchev–Trinajstić information content (AvgIpc) is 3.32. The molecular formula is C27H33ClF3N7O3. The first-order chi connectivity index (χ1) is 19.3. The van der Waals surface area contributed by atoms with E-state index in [1.54, 1.807) is 21.0 Å². The molecule has 1 aliphatic carbocycles. The smallest absolute Gasteiger partial charge is 0.375 e. The number of rotatable bonds is 8. The van der Waals surface area contributed by atoms with E-state index in [9.17, 15) is 22.8 Å². The highest BCUT2D eigenvalue weighted by molar-refractivity contribution is 6.28. The minimum Gasteiger partial charge on any atom is -0.375 e. The highest BCUT2D eigenvalue weighted by Crippen LogP contribution is 2.55. The number of aromatic nitrogens is 4. The zero-order chi connectivity index (χ0) is 30.1. The predicted octanol–water partition coefficient (Wildman–Crippen LogP) is 4.89. The number of amides is 2. The lowest BCUT2D eigenvalue weighted by atomic mass is 9.60. The van der Waals surface area contributed by atoms with Gasteiger partial charge in [0.25, 0.3) is 5.78 Å². The number of benzene rings is 1. The second kappa shape index (κ2) is 11.8. The third-order valence-corrected chi connectivity index (χ3v) is 8.03. The first-order valence-corrected chi connectivity index (χ1v) is 13.5. The van der Waals surface area contributed by atoms with Crippen LogP contribution in [0.1, 0.15) is 55.9 Å². The fourth-order valence-electron chi connectivity index (χ4n) is 5.80. The van der Waals surface area contributed by atoms with Crippen LogP contribution in [0.4, 0.5) is 24.5 Å². The van der Waals surface area contributed by atoms with Crippen molar-refractivity contribution in [3.05, 3.63) is 47.0 Å². The van der Waals surface area contributed by atoms with Gasteiger partial charge >= 0.3 is 6.18 Å². The Kier molecular flexibility index (Phi) is 8.78. The van der Waals surface area contributed by atoms with Crippen LogP contribution in [-0.4, -0.2) is 70.7 Å². The monoisotopic (exact) mass is 595 g/mol. The fourth-order valence-corrected chi connectivity index (χ4v) is 5.95. The standard InChI is InChI=1S/C27H33ClF3N7O3/c1-15(41-5)20-19(14-33-25-35-24(28)36-38(20)25)34-18-8-6-16(7-9-18)21(27(29,30)31)26(23(40)32-2)12-10-17(11-13-26)22(39)37(3)4/h6-9,14-15,17,21,34H,10-13H2,1-5H3,(H,32,40)/t15-,17?,21-,26?/m0/s1. The van der Waals surface area contributed by atoms with Crippen LogP contribution < -0.4 is 10.6 Å². The van der Waals surface area contributed by atoms with Crippen molar-refractivity contribution in [2.24, 2.45) is 11.3 Å². The van der Waals surface area contributed by atoms with Crippen molar-refractivity contribution in [1.82, 2.24) is 29.8 Å². The highest BCUT2D eigenvalue weighted by Gasteiger charge is 2.59. The largest absolute Gasteiger partial charge is 0.396 e. The Morgan fingerprint density at radius 1 is 1.20 bits per heavy atom. The molecule has 0 aliphatic heterocycles. The van der Waals surface area contributed by atoms with Gasteiger partial charge in [-0.3, -0.25) is 9.59 Å². The summed E-state index contributed by atoms with van der Waals surface area (Å²) >= 11 is 5.96. The minimum atomic E-state index is -4.71. The molecule has 4 rings (SSSR count). The molecule has 0 unspecified atom stereocenters. The van der Waals surface area contributed by atoms with Crippen LogP contribution in [0.25, 0.3) is 5.78 Å². The van der Waals surface area contributed by atoms with Gasteiger partial charge in [-0.15, -0.1) is 5.10 Å². The van der Waals surface area contributed by atoms with Crippen molar-refractivity contribution in [3.63, 3.8) is 0 Å². The molecule has 3 aromatic rings. The molecule has 1 fully saturated rings. The lowest BCUT2D eigenvalue weighted by Crippen LogP contribution is -2.51. The number of carbonyl (C=O) groups is 2. The Morgan fingerprint density at radius 3 is 2.37 bits per heavy atom. The van der Waals surface area contributed by atoms with Gasteiger partial charge in [0.1, 0.15) is 0 Å². The number of halogens is 4. The molecule has 0 spiro atoms. The summed E-state index contributed by atoms with van der Waals surface area (Å²) in [6, 6.07) is 5.79. The quantitative estimate of drug-likeness (QED) is 0.381. The number of ether oxygens (including phenoxy) is 1. The fraction of sp³-hybridized carbons (Fsp3) is 0.519. The van der Waals surface area contributed by atoms with Gasteiger partial charge in [0, 0.05) is 39.9 Å². The van der Waals surface area contributed by atoms with Gasteiger partial charge in [0.15, 0.2) is 0 Å². The zero-order valence-electron chi connectivity index (χ0n) is 23.4. The minimum absolute atomic E-state index is 0.00640. The molecule has 1 aromatic carbocycles. The first kappa shape index (κ1) is 30.5. The van der Waals surface area contributed by atoms with E-state index in [1.165, 1.54) is 54.0 Å². The number of anilines is 2. The highest BCUT2D eigenvalue weighted by atomic mass is 35.5. The van der Waals surface area contributed by atoms with E-state index in [1.807, 2.05) is 0 Å². The Balaban J connectivity index is 1.67. The molecule has 1 saturated carbocycles. The van der Waals surface area contributed by atoms with Crippen LogP contribution in [-0.2, 0) is 14.3 Å². The van der Waals surface area contributed by atoms with Gasteiger partial charge in [-0.1, -0.05) is 12.1 Å². The number of nitrogens with zero attached hydrogens (tertiary/aromatic N) is 5. The molecular weight excluding hydrogens is 563 g/mol. The molecule has 2 aromatic heterocycles. The summed E-state index contributed by atoms with van der Waals surface area (Å²) < 4.78 is 51.2. The number of hydrogen-bond donors (Lipinski definition) is 2. The SMILES string of the molecule is CNC(=O)C1([C@H](c2ccc(Nc3cnc4nc(Cl)nn4c3[C@H](C)OC)cc2)C(F)(F)F)CCC(C(=O)N(C)C)CC1. The van der Waals surface area contributed by atoms with Crippen molar-refractivity contribution >= 4 is 40.6 Å². The van der Waals surface area contributed by atoms with E-state index < -0.39 is 35.4 Å². The Morgan fingerprint density at radius 2 is 1.83 bits per heavy atom. The van der Waals surface area contributed by atoms with Crippen LogP contribution >= 0.6 is 11.6 Å². The predicted molar refractivity (Wildman–Crippen MR) is 147 cm³/mol. The Hall–Kier alpha value is -3.45. The van der Waals surface area contributed by atoms with Crippen LogP contribution in [0.3, 0.4) is 0 Å². The van der Waals surface area contributed by atoms with E-state index in [0.717, 1.165) is 0 Å². The summed E-state index contributed by atoms with van der Waals surface area (Å²) in [5, 5.41) is 9.79. The van der Waals surface area contributed by atoms with Crippen molar-refractivity contribution in [1.29, 1.82) is 0 Å². The third-order valence-electron chi connectivity index (χ3n) is 7.87. The maximum Gasteiger partial charge on any atom is 0.396 e. The molecule has 0 bridgehead atoms. The number of nitrogens with one attached hydrogen (secondary N) is 2. The molecule has 41 heavy (non-hydrogen) atoms. The molecule has 2 atom stereocenters. The van der Waals surface area contributed by atoms with E-state index in [2.05, 4.69) is 25.7 Å². The zero-order valence-corrected chi connectivity index (χ0v) is 24.2. The van der Waals surface area contributed by atoms with Gasteiger partial charge in [0.05, 0.1) is 35.0 Å². The third kappa shape index (κ3) is 5.96. The van der Waals surface area contributed by atoms with Crippen LogP contribution in [0, 0.1) is 11.3 Å². The average molecular weight is 596 g/mol. The molecule has 1 aliphatic rings. The summed E-state index contributed by atoms with van der Waals surface area (Å²) in [5.41, 5.74) is -0.226. The Bertz CT molecular complexity index is 1400. The maximum absolute atomic E-state index is 14.8. The molecule has 2 heterocycles. The maximum atomic E-state index is 14.8. The normalized spacial score (nSPS) is 20.9. The van der Waals surface area contributed by atoms with E-state index in [0.29, 0.717) is 17.1 Å². The number of fused-ring (bicyclic) bond motifs is 1. The first-order valence-electron chi connectivity index (χ1n) is 13.1. The van der Waals surface area contributed by atoms with Crippen LogP contribution in [0.15, 0.2) is 30.5 Å². The van der Waals surface area contributed by atoms with Gasteiger partial charge in [-0.25, -0.2) is 4.98 Å². The van der Waals surface area contributed by atoms with Crippen molar-refractivity contribution in [2.45, 2.75) is 50.8 Å². The molecule has 222 valence electrons. The van der Waals surface area contributed by atoms with Crippen LogP contribution in [0.2, 0.25) is 5.28 Å². The second-order valence-corrected chi connectivity index (χ2v) is 10.8. The van der Waals surface area contributed by atoms with Crippen molar-refractivity contribution < 1.29 is 27.5 Å². The topological polar surface area (TPSA) is 114 Å². The molecule has 0 saturated heterocycles. The number of methoxy groups -OCH3 is 1. The molecule has 14 heteroatoms. The lowest BCUT2D eigenvalue weighted by molar-refractivity contribution is -0.190. The molecule has 2 N–H and O–H groups in total. The number of carbonyl (C=O) groups excluding carboxylic acids is 2. The number of alkyl halides is 3. The summed E-state index contributed by atoms with van der Waals surface area (Å²) in [4.78, 5) is 35.4. The second-order valence-electron chi connectivity index (χ2n) is 10.5. The molecule has 10 nitrogen and oxygen atoms in total. The van der Waals surface area contributed by atoms with Crippen LogP contribution in [0.5, 0.6) is 0 Å². The van der Waals surface area contributed by atoms with Gasteiger partial charge < -0.3 is 20.3 Å². The van der Waals surface area contributed by atoms with E-state index >= 15 is 0 Å². The van der Waals surface area contributed by atoms with Gasteiger partial charge in [0.2, 0.25) is 17.1 Å². The number of hydrogen-bond acceptors (Lipinski definition) is 7. The summed E-state index contributed by atoms with van der Waals surface area (Å²) in [7, 11) is 6.10. The molecule has 0 radical (unpaired) electrons. The summed E-state index contributed by atoms with van der Waals surface area (Å²) in [6.45, 7) is 1.80. The van der Waals surface area contributed by atoms with Gasteiger partial charge in [-0.2, -0.15) is 22.7 Å². The van der Waals surface area contributed by atoms with E-state index in [-0.39, 0.29) is 48.2 Å². The van der Waals surface area contributed by atoms with E-state index in [4.69, 9.17) is 16.3 Å². The van der Waals surface area contributed by atoms with Crippen molar-refractivity contribution in [3.8, 4) is 0 Å². The Labute approximate surface area is 240 Å². The van der Waals surface area contributed by atoms with Gasteiger partial charge in [-0.05, 0) is 61.9 Å².